The average Bonchev–Trinajstić information content (AvgIpc) is 3.78. The second kappa shape index (κ2) is 12.4. The Labute approximate surface area is 271 Å². The quantitative estimate of drug-likeness (QED) is 0.175. The van der Waals surface area contributed by atoms with Crippen LogP contribution in [0, 0.1) is 5.82 Å². The maximum atomic E-state index is 15.8. The predicted octanol–water partition coefficient (Wildman–Crippen LogP) is 3.14. The van der Waals surface area contributed by atoms with E-state index in [1.807, 2.05) is 11.8 Å². The van der Waals surface area contributed by atoms with E-state index in [-0.39, 0.29) is 52.3 Å². The van der Waals surface area contributed by atoms with Gasteiger partial charge in [-0.3, -0.25) is 18.8 Å². The van der Waals surface area contributed by atoms with Crippen LogP contribution in [0.5, 0.6) is 5.75 Å². The fraction of sp³-hybridized carbons (Fsp3) is 0.367. The molecule has 0 bridgehead atoms. The number of benzene rings is 2. The van der Waals surface area contributed by atoms with Crippen LogP contribution in [-0.4, -0.2) is 73.9 Å². The highest BCUT2D eigenvalue weighted by Gasteiger charge is 2.35. The number of methoxy groups -OCH3 is 1. The number of piperazine rings is 1. The van der Waals surface area contributed by atoms with Gasteiger partial charge in [0, 0.05) is 48.8 Å². The Hall–Kier alpha value is -4.04. The highest BCUT2D eigenvalue weighted by Crippen LogP contribution is 2.54. The zero-order valence-electron chi connectivity index (χ0n) is 25.7. The van der Waals surface area contributed by atoms with E-state index in [2.05, 4.69) is 0 Å². The van der Waals surface area contributed by atoms with E-state index < -0.39 is 49.5 Å². The molecule has 2 fully saturated rings. The Bertz CT molecular complexity index is 2130. The number of nitrogens with zero attached hydrogens (tertiary/aromatic N) is 3. The fourth-order valence-corrected chi connectivity index (χ4v) is 9.42. The summed E-state index contributed by atoms with van der Waals surface area (Å²) in [5, 5.41) is 9.34. The van der Waals surface area contributed by atoms with Crippen LogP contribution in [0.15, 0.2) is 55.0 Å². The van der Waals surface area contributed by atoms with E-state index in [4.69, 9.17) is 23.4 Å². The van der Waals surface area contributed by atoms with E-state index in [1.54, 1.807) is 9.47 Å². The summed E-state index contributed by atoms with van der Waals surface area (Å²) in [5.41, 5.74) is -0.437. The number of ether oxygens (including phenoxy) is 1. The van der Waals surface area contributed by atoms with Gasteiger partial charge >= 0.3 is 19.4 Å². The minimum absolute atomic E-state index is 0.0444. The van der Waals surface area contributed by atoms with Crippen LogP contribution in [0.3, 0.4) is 0 Å². The molecule has 0 amide bonds. The summed E-state index contributed by atoms with van der Waals surface area (Å²) < 4.78 is 57.7. The summed E-state index contributed by atoms with van der Waals surface area (Å²) in [5.74, 6) is -3.94. The molecule has 1 saturated heterocycles. The number of halogens is 1. The van der Waals surface area contributed by atoms with Gasteiger partial charge < -0.3 is 42.8 Å². The lowest BCUT2D eigenvalue weighted by molar-refractivity contribution is 0.0694. The van der Waals surface area contributed by atoms with Crippen LogP contribution in [0.1, 0.15) is 41.9 Å². The number of hydrogen-bond acceptors (Lipinski definition) is 10. The molecule has 48 heavy (non-hydrogen) atoms. The Morgan fingerprint density at radius 2 is 1.77 bits per heavy atom. The standard InChI is InChI=1S/C30H32FN3O12P2/c1-16-12-33(25-22(31)11-20-24(28(25)44-2)34(18-5-6-18)13-21(26(20)35)29(36)37)10-9-32(16)14-23-27(46-30(38)45-23)17-3-7-19(8-4-17)47(39,40)15-48(41,42)43/h3-4,7-8,11,13,16,18H,5-6,9-10,12,14-15H2,1-2H3,(H,36,37)(H,39,40)(H2,41,42,43). The van der Waals surface area contributed by atoms with E-state index in [0.29, 0.717) is 30.7 Å². The van der Waals surface area contributed by atoms with Crippen molar-refractivity contribution in [1.29, 1.82) is 0 Å². The molecular formula is C30H32FN3O12P2. The molecule has 3 heterocycles. The first-order valence-corrected chi connectivity index (χ1v) is 18.5. The molecular weight excluding hydrogens is 675 g/mol. The van der Waals surface area contributed by atoms with Crippen molar-refractivity contribution in [3.05, 3.63) is 74.5 Å². The number of carboxylic acids is 1. The molecule has 1 aliphatic heterocycles. The van der Waals surface area contributed by atoms with Crippen molar-refractivity contribution >= 4 is 42.8 Å². The van der Waals surface area contributed by atoms with E-state index in [9.17, 15) is 33.5 Å². The molecule has 0 spiro atoms. The summed E-state index contributed by atoms with van der Waals surface area (Å²) in [6.45, 7) is 2.99. The molecule has 1 saturated carbocycles. The topological polar surface area (TPSA) is 213 Å². The van der Waals surface area contributed by atoms with Crippen molar-refractivity contribution in [3.63, 3.8) is 0 Å². The fourth-order valence-electron chi connectivity index (χ4n) is 6.15. The van der Waals surface area contributed by atoms with Gasteiger partial charge in [-0.05, 0) is 38.0 Å². The first-order chi connectivity index (χ1) is 22.6. The highest BCUT2D eigenvalue weighted by atomic mass is 31.2. The summed E-state index contributed by atoms with van der Waals surface area (Å²) in [6, 6.07) is 6.00. The summed E-state index contributed by atoms with van der Waals surface area (Å²) in [4.78, 5) is 69.2. The monoisotopic (exact) mass is 707 g/mol. The van der Waals surface area contributed by atoms with Gasteiger partial charge in [-0.2, -0.15) is 0 Å². The van der Waals surface area contributed by atoms with E-state index >= 15 is 4.39 Å². The van der Waals surface area contributed by atoms with Crippen molar-refractivity contribution in [3.8, 4) is 17.1 Å². The maximum absolute atomic E-state index is 15.8. The highest BCUT2D eigenvalue weighted by molar-refractivity contribution is 7.77. The van der Waals surface area contributed by atoms with Crippen LogP contribution in [-0.2, 0) is 15.7 Å². The summed E-state index contributed by atoms with van der Waals surface area (Å²) in [7, 11) is -7.75. The summed E-state index contributed by atoms with van der Waals surface area (Å²) in [6.07, 6.45) is 2.85. The third-order valence-corrected chi connectivity index (χ3v) is 12.7. The van der Waals surface area contributed by atoms with Crippen LogP contribution < -0.4 is 26.2 Å². The van der Waals surface area contributed by atoms with Crippen molar-refractivity contribution in [2.75, 3.05) is 37.5 Å². The Morgan fingerprint density at radius 1 is 1.08 bits per heavy atom. The first kappa shape index (κ1) is 33.8. The van der Waals surface area contributed by atoms with Gasteiger partial charge in [0.15, 0.2) is 23.1 Å². The van der Waals surface area contributed by atoms with Crippen LogP contribution in [0.25, 0.3) is 22.2 Å². The first-order valence-electron chi connectivity index (χ1n) is 14.9. The SMILES string of the molecule is COc1c(N2CCN(Cc3oc(=O)oc3-c3ccc(P(=O)(O)CP(=O)(O)O)cc3)C(C)C2)c(F)cc2c(=O)c(C(=O)O)cn(C3CC3)c12. The molecule has 2 aromatic carbocycles. The van der Waals surface area contributed by atoms with Crippen LogP contribution in [0.2, 0.25) is 0 Å². The van der Waals surface area contributed by atoms with Gasteiger partial charge in [-0.25, -0.2) is 14.0 Å². The Kier molecular flexibility index (Phi) is 8.78. The zero-order valence-corrected chi connectivity index (χ0v) is 27.5. The number of aromatic nitrogens is 1. The zero-order chi connectivity index (χ0) is 34.7. The molecule has 4 aromatic rings. The van der Waals surface area contributed by atoms with Gasteiger partial charge in [-0.1, -0.05) is 12.1 Å². The number of anilines is 1. The molecule has 6 rings (SSSR count). The average molecular weight is 708 g/mol. The normalized spacial score (nSPS) is 18.6. The lowest BCUT2D eigenvalue weighted by Gasteiger charge is -2.41. The number of carboxylic acid groups (broad SMARTS) is 1. The molecule has 2 aliphatic rings. The largest absolute Gasteiger partial charge is 0.519 e. The minimum atomic E-state index is -4.77. The van der Waals surface area contributed by atoms with Gasteiger partial charge in [0.05, 0.1) is 24.6 Å². The number of hydrogen-bond donors (Lipinski definition) is 4. The number of aromatic carboxylic acids is 1. The maximum Gasteiger partial charge on any atom is 0.519 e. The van der Waals surface area contributed by atoms with Crippen molar-refractivity contribution in [2.24, 2.45) is 0 Å². The molecule has 256 valence electrons. The van der Waals surface area contributed by atoms with Crippen molar-refractivity contribution in [1.82, 2.24) is 9.47 Å². The molecule has 0 radical (unpaired) electrons. The van der Waals surface area contributed by atoms with Crippen LogP contribution >= 0.6 is 15.0 Å². The lowest BCUT2D eigenvalue weighted by Crippen LogP contribution is -2.51. The Balaban J connectivity index is 1.26. The second-order valence-electron chi connectivity index (χ2n) is 12.0. The van der Waals surface area contributed by atoms with Crippen molar-refractivity contribution < 1.29 is 51.7 Å². The van der Waals surface area contributed by atoms with Crippen molar-refractivity contribution in [2.45, 2.75) is 38.4 Å². The number of pyridine rings is 1. The molecule has 18 heteroatoms. The second-order valence-corrected chi connectivity index (χ2v) is 16.4. The minimum Gasteiger partial charge on any atom is -0.492 e. The number of fused-ring (bicyclic) bond motifs is 1. The molecule has 1 aliphatic carbocycles. The number of carbonyl (C=O) groups is 1. The lowest BCUT2D eigenvalue weighted by atomic mass is 10.1. The molecule has 2 unspecified atom stereocenters. The van der Waals surface area contributed by atoms with E-state index in [0.717, 1.165) is 18.9 Å². The third kappa shape index (κ3) is 6.51. The Morgan fingerprint density at radius 3 is 2.35 bits per heavy atom. The van der Waals surface area contributed by atoms with Gasteiger partial charge in [0.1, 0.15) is 17.2 Å². The van der Waals surface area contributed by atoms with Gasteiger partial charge in [-0.15, -0.1) is 0 Å². The predicted molar refractivity (Wildman–Crippen MR) is 171 cm³/mol. The molecule has 2 atom stereocenters. The van der Waals surface area contributed by atoms with Gasteiger partial charge in [0.25, 0.3) is 0 Å². The third-order valence-electron chi connectivity index (χ3n) is 8.56. The van der Waals surface area contributed by atoms with E-state index in [1.165, 1.54) is 37.6 Å². The van der Waals surface area contributed by atoms with Gasteiger partial charge in [0.2, 0.25) is 12.8 Å². The molecule has 15 nitrogen and oxygen atoms in total. The smallest absolute Gasteiger partial charge is 0.492 e. The molecule has 2 aromatic heterocycles. The number of rotatable bonds is 10. The molecule has 4 N–H and O–H groups in total. The summed E-state index contributed by atoms with van der Waals surface area (Å²) >= 11 is 0. The van der Waals surface area contributed by atoms with Crippen LogP contribution in [0.4, 0.5) is 10.1 Å².